The topological polar surface area (TPSA) is 25.4 Å². The second kappa shape index (κ2) is 11.6. The number of anilines is 1. The van der Waals surface area contributed by atoms with Crippen molar-refractivity contribution >= 4 is 27.9 Å². The molecular formula is C23H42N2OSn. The first-order chi connectivity index (χ1) is 13.0. The molecule has 2 heterocycles. The maximum atomic E-state index is 5.94. The predicted octanol–water partition coefficient (Wildman–Crippen LogP) is 5.75. The Labute approximate surface area is 172 Å². The van der Waals surface area contributed by atoms with E-state index in [0.29, 0.717) is 0 Å². The van der Waals surface area contributed by atoms with Crippen molar-refractivity contribution in [2.45, 2.75) is 98.7 Å². The molecule has 1 saturated heterocycles. The number of ether oxygens (including phenoxy) is 1. The molecule has 4 heteroatoms. The Morgan fingerprint density at radius 3 is 1.93 bits per heavy atom. The summed E-state index contributed by atoms with van der Waals surface area (Å²) in [4.78, 5) is 7.82. The summed E-state index contributed by atoms with van der Waals surface area (Å²) in [6.45, 7) is 13.3. The van der Waals surface area contributed by atoms with Crippen molar-refractivity contribution in [1.82, 2.24) is 4.98 Å². The molecule has 1 fully saturated rings. The van der Waals surface area contributed by atoms with Crippen LogP contribution in [0.2, 0.25) is 13.3 Å². The minimum absolute atomic E-state index is 0.285. The third-order valence-electron chi connectivity index (χ3n) is 6.05. The zero-order chi connectivity index (χ0) is 19.7. The predicted molar refractivity (Wildman–Crippen MR) is 121 cm³/mol. The Hall–Kier alpha value is -0.291. The van der Waals surface area contributed by atoms with Crippen molar-refractivity contribution in [1.29, 1.82) is 0 Å². The number of nitrogens with zero attached hydrogens (tertiary/aromatic N) is 2. The molecular weight excluding hydrogens is 439 g/mol. The number of unbranched alkanes of at least 4 members (excludes halogenated alkanes) is 3. The van der Waals surface area contributed by atoms with Gasteiger partial charge < -0.3 is 0 Å². The van der Waals surface area contributed by atoms with E-state index in [1.54, 1.807) is 3.71 Å². The van der Waals surface area contributed by atoms with Crippen molar-refractivity contribution in [2.24, 2.45) is 0 Å². The van der Waals surface area contributed by atoms with Crippen LogP contribution < -0.4 is 8.61 Å². The molecule has 27 heavy (non-hydrogen) atoms. The Morgan fingerprint density at radius 2 is 1.44 bits per heavy atom. The van der Waals surface area contributed by atoms with Gasteiger partial charge in [0.2, 0.25) is 0 Å². The zero-order valence-corrected chi connectivity index (χ0v) is 21.3. The number of morpholine rings is 1. The second-order valence-electron chi connectivity index (χ2n) is 8.63. The molecule has 0 spiro atoms. The fraction of sp³-hybridized carbons (Fsp3) is 0.783. The van der Waals surface area contributed by atoms with Crippen LogP contribution in [0.1, 0.15) is 73.1 Å². The van der Waals surface area contributed by atoms with Gasteiger partial charge in [-0.05, 0) is 0 Å². The molecule has 2 rings (SSSR count). The molecule has 0 N–H and O–H groups in total. The molecule has 3 nitrogen and oxygen atoms in total. The zero-order valence-electron chi connectivity index (χ0n) is 18.5. The first kappa shape index (κ1) is 23.0. The molecule has 1 aliphatic heterocycles. The van der Waals surface area contributed by atoms with Crippen LogP contribution >= 0.6 is 0 Å². The van der Waals surface area contributed by atoms with E-state index in [4.69, 9.17) is 9.72 Å². The van der Waals surface area contributed by atoms with E-state index in [-0.39, 0.29) is 12.2 Å². The van der Waals surface area contributed by atoms with Crippen molar-refractivity contribution in [3.63, 3.8) is 0 Å². The van der Waals surface area contributed by atoms with Crippen molar-refractivity contribution in [2.75, 3.05) is 18.0 Å². The van der Waals surface area contributed by atoms with E-state index in [1.807, 2.05) is 0 Å². The average molecular weight is 481 g/mol. The number of hydrogen-bond acceptors (Lipinski definition) is 3. The molecule has 0 aromatic carbocycles. The molecule has 0 aliphatic carbocycles. The van der Waals surface area contributed by atoms with E-state index in [1.165, 1.54) is 57.7 Å². The Kier molecular flexibility index (Phi) is 9.92. The van der Waals surface area contributed by atoms with Gasteiger partial charge in [-0.2, -0.15) is 0 Å². The average Bonchev–Trinajstić information content (AvgIpc) is 2.67. The summed E-state index contributed by atoms with van der Waals surface area (Å²) < 4.78 is 11.9. The SMILES string of the molecule is CCC[CH2][Sn]([CH2]CCC)([CH2]CCC)[c]1cccc(N2C[C@@H](C)O[C@@H](C)C2)n1. The normalized spacial score (nSPS) is 20.9. The maximum absolute atomic E-state index is 5.94. The van der Waals surface area contributed by atoms with Gasteiger partial charge in [0.25, 0.3) is 0 Å². The standard InChI is InChI=1S/C11H15N2O.3C4H9.Sn/c1-9-7-13(8-10(2)14-9)11-5-3-4-6-12-11;3*1-3-4-2;/h3-5,9-10H,7-8H2,1-2H3;3*1,3-4H2,2H3;/t9-,10+;;;;. The summed E-state index contributed by atoms with van der Waals surface area (Å²) in [6, 6.07) is 6.91. The fourth-order valence-electron chi connectivity index (χ4n) is 4.56. The van der Waals surface area contributed by atoms with E-state index < -0.39 is 18.4 Å². The van der Waals surface area contributed by atoms with Crippen LogP contribution in [0.3, 0.4) is 0 Å². The fourth-order valence-corrected chi connectivity index (χ4v) is 20.0. The summed E-state index contributed by atoms with van der Waals surface area (Å²) in [5, 5.41) is 0. The molecule has 0 radical (unpaired) electrons. The van der Waals surface area contributed by atoms with Crippen LogP contribution in [-0.2, 0) is 4.74 Å². The quantitative estimate of drug-likeness (QED) is 0.377. The molecule has 0 unspecified atom stereocenters. The molecule has 2 atom stereocenters. The van der Waals surface area contributed by atoms with Gasteiger partial charge in [0, 0.05) is 0 Å². The number of aromatic nitrogens is 1. The van der Waals surface area contributed by atoms with E-state index >= 15 is 0 Å². The molecule has 0 bridgehead atoms. The van der Waals surface area contributed by atoms with E-state index in [9.17, 15) is 0 Å². The first-order valence-electron chi connectivity index (χ1n) is 11.4. The van der Waals surface area contributed by atoms with Gasteiger partial charge in [-0.1, -0.05) is 0 Å². The van der Waals surface area contributed by atoms with Crippen LogP contribution in [0.4, 0.5) is 5.82 Å². The van der Waals surface area contributed by atoms with Crippen molar-refractivity contribution in [3.05, 3.63) is 18.2 Å². The van der Waals surface area contributed by atoms with Gasteiger partial charge in [-0.15, -0.1) is 0 Å². The molecule has 1 aliphatic rings. The van der Waals surface area contributed by atoms with Gasteiger partial charge in [0.05, 0.1) is 0 Å². The first-order valence-corrected chi connectivity index (χ1v) is 18.9. The summed E-state index contributed by atoms with van der Waals surface area (Å²) in [5.74, 6) is 1.19. The molecule has 0 amide bonds. The molecule has 1 aromatic heterocycles. The van der Waals surface area contributed by atoms with Gasteiger partial charge in [0.1, 0.15) is 0 Å². The van der Waals surface area contributed by atoms with Crippen molar-refractivity contribution < 1.29 is 4.74 Å². The van der Waals surface area contributed by atoms with Gasteiger partial charge in [0.15, 0.2) is 0 Å². The van der Waals surface area contributed by atoms with Gasteiger partial charge in [-0.25, -0.2) is 0 Å². The second-order valence-corrected chi connectivity index (χ2v) is 21.7. The number of hydrogen-bond donors (Lipinski definition) is 0. The monoisotopic (exact) mass is 482 g/mol. The summed E-state index contributed by atoms with van der Waals surface area (Å²) in [5.41, 5.74) is 0. The van der Waals surface area contributed by atoms with E-state index in [2.05, 4.69) is 57.7 Å². The summed E-state index contributed by atoms with van der Waals surface area (Å²) >= 11 is -2.45. The Balaban J connectivity index is 2.32. The minimum atomic E-state index is -2.45. The third-order valence-corrected chi connectivity index (χ3v) is 21.2. The van der Waals surface area contributed by atoms with Crippen LogP contribution in [0.5, 0.6) is 0 Å². The van der Waals surface area contributed by atoms with E-state index in [0.717, 1.165) is 13.1 Å². The Bertz CT molecular complexity index is 519. The van der Waals surface area contributed by atoms with Crippen LogP contribution in [0, 0.1) is 0 Å². The summed E-state index contributed by atoms with van der Waals surface area (Å²) in [7, 11) is 0. The van der Waals surface area contributed by atoms with Gasteiger partial charge in [-0.3, -0.25) is 0 Å². The third kappa shape index (κ3) is 6.62. The Morgan fingerprint density at radius 1 is 0.926 bits per heavy atom. The number of rotatable bonds is 11. The van der Waals surface area contributed by atoms with Crippen LogP contribution in [0.15, 0.2) is 18.2 Å². The van der Waals surface area contributed by atoms with Crippen molar-refractivity contribution in [3.8, 4) is 0 Å². The van der Waals surface area contributed by atoms with Crippen LogP contribution in [0.25, 0.3) is 0 Å². The molecule has 1 aromatic rings. The molecule has 154 valence electrons. The molecule has 0 saturated carbocycles. The van der Waals surface area contributed by atoms with Gasteiger partial charge >= 0.3 is 172 Å². The summed E-state index contributed by atoms with van der Waals surface area (Å²) in [6.07, 6.45) is 8.68. The number of pyridine rings is 1. The van der Waals surface area contributed by atoms with Crippen LogP contribution in [-0.4, -0.2) is 48.7 Å².